The van der Waals surface area contributed by atoms with Crippen LogP contribution in [0.1, 0.15) is 38.6 Å². The summed E-state index contributed by atoms with van der Waals surface area (Å²) >= 11 is 0. The summed E-state index contributed by atoms with van der Waals surface area (Å²) in [5, 5.41) is -0.861. The van der Waals surface area contributed by atoms with Gasteiger partial charge in [0, 0.05) is 0 Å². The van der Waals surface area contributed by atoms with Crippen LogP contribution in [0.4, 0.5) is 0 Å². The molecule has 0 spiro atoms. The van der Waals surface area contributed by atoms with Crippen LogP contribution in [0.5, 0.6) is 0 Å². The third-order valence-electron chi connectivity index (χ3n) is 2.54. The molecule has 3 nitrogen and oxygen atoms in total. The fourth-order valence-electron chi connectivity index (χ4n) is 1.57. The minimum atomic E-state index is -3.99. The van der Waals surface area contributed by atoms with Gasteiger partial charge in [-0.2, -0.15) is 8.42 Å². The van der Waals surface area contributed by atoms with E-state index in [9.17, 15) is 8.42 Å². The average molecular weight is 266 g/mol. The minimum Gasteiger partial charge on any atom is -1.00 e. The summed E-state index contributed by atoms with van der Waals surface area (Å²) in [4.78, 5) is 0. The first-order chi connectivity index (χ1) is 7.30. The molecule has 1 unspecified atom stereocenters. The second kappa shape index (κ2) is 6.90. The number of hydrogen-bond acceptors (Lipinski definition) is 2. The van der Waals surface area contributed by atoms with E-state index in [0.29, 0.717) is 11.5 Å². The average Bonchev–Trinajstić information content (AvgIpc) is 2.15. The van der Waals surface area contributed by atoms with Gasteiger partial charge in [-0.25, -0.2) is 0 Å². The Morgan fingerprint density at radius 3 is 2.00 bits per heavy atom. The van der Waals surface area contributed by atoms with Crippen LogP contribution in [-0.2, 0) is 16.5 Å². The Morgan fingerprint density at radius 1 is 1.18 bits per heavy atom. The summed E-state index contributed by atoms with van der Waals surface area (Å²) in [6.45, 7) is 5.75. The Balaban J connectivity index is 0. The van der Waals surface area contributed by atoms with Crippen molar-refractivity contribution in [3.05, 3.63) is 35.4 Å². The first kappa shape index (κ1) is 17.1. The molecule has 0 amide bonds. The van der Waals surface area contributed by atoms with Gasteiger partial charge in [0.2, 0.25) is 0 Å². The van der Waals surface area contributed by atoms with Gasteiger partial charge in [-0.1, -0.05) is 38.1 Å². The smallest absolute Gasteiger partial charge is 1.00 e. The molecule has 0 aliphatic carbocycles. The van der Waals surface area contributed by atoms with Gasteiger partial charge in [0.05, 0.1) is 0 Å². The molecule has 5 heteroatoms. The molecule has 0 saturated heterocycles. The van der Waals surface area contributed by atoms with Crippen molar-refractivity contribution in [2.75, 3.05) is 0 Å². The quantitative estimate of drug-likeness (QED) is 0.614. The maximum absolute atomic E-state index is 10.9. The maximum Gasteiger partial charge on any atom is 1.00 e. The Hall–Kier alpha value is 0.130. The van der Waals surface area contributed by atoms with Crippen LogP contribution < -0.4 is 29.6 Å². The van der Waals surface area contributed by atoms with Crippen molar-refractivity contribution in [2.45, 2.75) is 32.4 Å². The van der Waals surface area contributed by atoms with Gasteiger partial charge in [0.25, 0.3) is 10.1 Å². The largest absolute Gasteiger partial charge is 1.00 e. The second-order valence-electron chi connectivity index (χ2n) is 4.50. The zero-order chi connectivity index (χ0) is 12.3. The molecule has 0 aromatic heterocycles. The van der Waals surface area contributed by atoms with Crippen LogP contribution in [-0.4, -0.2) is 13.0 Å². The van der Waals surface area contributed by atoms with E-state index in [2.05, 4.69) is 13.8 Å². The van der Waals surface area contributed by atoms with E-state index in [1.54, 1.807) is 12.1 Å². The van der Waals surface area contributed by atoms with Gasteiger partial charge >= 0.3 is 29.6 Å². The van der Waals surface area contributed by atoms with Crippen molar-refractivity contribution in [3.63, 3.8) is 0 Å². The molecule has 1 atom stereocenters. The Morgan fingerprint density at radius 2 is 1.65 bits per heavy atom. The molecule has 1 rings (SSSR count). The van der Waals surface area contributed by atoms with E-state index >= 15 is 0 Å². The molecular formula is C12H19NaO3S. The third-order valence-corrected chi connectivity index (χ3v) is 3.71. The topological polar surface area (TPSA) is 54.4 Å². The van der Waals surface area contributed by atoms with Crippen molar-refractivity contribution in [3.8, 4) is 0 Å². The first-order valence-electron chi connectivity index (χ1n) is 5.36. The van der Waals surface area contributed by atoms with Crippen LogP contribution in [0.25, 0.3) is 0 Å². The number of benzene rings is 1. The molecule has 1 N–H and O–H groups in total. The van der Waals surface area contributed by atoms with E-state index in [1.165, 1.54) is 12.5 Å². The van der Waals surface area contributed by atoms with Crippen molar-refractivity contribution >= 4 is 10.1 Å². The molecule has 92 valence electrons. The molecule has 0 aliphatic heterocycles. The van der Waals surface area contributed by atoms with Gasteiger partial charge < -0.3 is 1.43 Å². The third kappa shape index (κ3) is 5.53. The molecular weight excluding hydrogens is 247 g/mol. The molecule has 0 bridgehead atoms. The van der Waals surface area contributed by atoms with Crippen LogP contribution in [0.2, 0.25) is 0 Å². The molecule has 0 radical (unpaired) electrons. The fraction of sp³-hybridized carbons (Fsp3) is 0.500. The minimum absolute atomic E-state index is 0. The van der Waals surface area contributed by atoms with Crippen LogP contribution in [0, 0.1) is 5.92 Å². The molecule has 1 aromatic rings. The monoisotopic (exact) mass is 266 g/mol. The van der Waals surface area contributed by atoms with Gasteiger partial charge in [0.15, 0.2) is 0 Å². The van der Waals surface area contributed by atoms with E-state index in [4.69, 9.17) is 4.55 Å². The SMILES string of the molecule is CC(C)Cc1ccc(C(C)S(=O)(=O)O)cc1.[H-].[Na+]. The van der Waals surface area contributed by atoms with Gasteiger partial charge in [-0.15, -0.1) is 0 Å². The van der Waals surface area contributed by atoms with Gasteiger partial charge in [-0.05, 0) is 30.4 Å². The summed E-state index contributed by atoms with van der Waals surface area (Å²) in [6.07, 6.45) is 0.973. The van der Waals surface area contributed by atoms with Gasteiger partial charge in [0.1, 0.15) is 5.25 Å². The summed E-state index contributed by atoms with van der Waals surface area (Å²) in [7, 11) is -3.99. The fourth-order valence-corrected chi connectivity index (χ4v) is 2.07. The van der Waals surface area contributed by atoms with E-state index in [0.717, 1.165) is 6.42 Å². The molecule has 0 saturated carbocycles. The van der Waals surface area contributed by atoms with Crippen LogP contribution in [0.15, 0.2) is 24.3 Å². The molecule has 0 aliphatic rings. The molecule has 0 heterocycles. The summed E-state index contributed by atoms with van der Waals surface area (Å²) < 4.78 is 30.8. The summed E-state index contributed by atoms with van der Waals surface area (Å²) in [6, 6.07) is 7.35. The van der Waals surface area contributed by atoms with Gasteiger partial charge in [-0.3, -0.25) is 4.55 Å². The zero-order valence-electron chi connectivity index (χ0n) is 11.8. The van der Waals surface area contributed by atoms with Crippen molar-refractivity contribution < 1.29 is 44.0 Å². The molecule has 0 fully saturated rings. The second-order valence-corrected chi connectivity index (χ2v) is 6.23. The zero-order valence-corrected chi connectivity index (χ0v) is 13.7. The predicted molar refractivity (Wildman–Crippen MR) is 66.1 cm³/mol. The first-order valence-corrected chi connectivity index (χ1v) is 6.86. The summed E-state index contributed by atoms with van der Waals surface area (Å²) in [5.41, 5.74) is 1.80. The Kier molecular flexibility index (Phi) is 6.95. The standard InChI is InChI=1S/C12H18O3S.Na.H/c1-9(2)8-11-4-6-12(7-5-11)10(3)16(13,14)15;;/h4-7,9-10H,8H2,1-3H3,(H,13,14,15);;/q;+1;-1. The number of rotatable bonds is 4. The number of hydrogen-bond donors (Lipinski definition) is 1. The Labute approximate surface area is 127 Å². The van der Waals surface area contributed by atoms with E-state index in [-0.39, 0.29) is 31.0 Å². The normalized spacial score (nSPS) is 13.2. The molecule has 1 aromatic carbocycles. The van der Waals surface area contributed by atoms with Crippen molar-refractivity contribution in [1.29, 1.82) is 0 Å². The van der Waals surface area contributed by atoms with Crippen molar-refractivity contribution in [1.82, 2.24) is 0 Å². The Bertz CT molecular complexity index is 443. The van der Waals surface area contributed by atoms with E-state index in [1.807, 2.05) is 12.1 Å². The van der Waals surface area contributed by atoms with Crippen molar-refractivity contribution in [2.24, 2.45) is 5.92 Å². The summed E-state index contributed by atoms with van der Waals surface area (Å²) in [5.74, 6) is 0.574. The molecule has 17 heavy (non-hydrogen) atoms. The maximum atomic E-state index is 10.9. The predicted octanol–water partition coefficient (Wildman–Crippen LogP) is -0.0496. The van der Waals surface area contributed by atoms with Crippen LogP contribution in [0.3, 0.4) is 0 Å². The van der Waals surface area contributed by atoms with E-state index < -0.39 is 15.4 Å². The van der Waals surface area contributed by atoms with Crippen LogP contribution >= 0.6 is 0 Å².